The van der Waals surface area contributed by atoms with E-state index in [1.807, 2.05) is 11.9 Å². The first-order valence-electron chi connectivity index (χ1n) is 6.70. The molecular formula is C15H16FN3O. The van der Waals surface area contributed by atoms with Gasteiger partial charge in [0.25, 0.3) is 5.91 Å². The van der Waals surface area contributed by atoms with Crippen LogP contribution in [0.3, 0.4) is 0 Å². The van der Waals surface area contributed by atoms with Crippen molar-refractivity contribution in [2.24, 2.45) is 7.05 Å². The quantitative estimate of drug-likeness (QED) is 0.843. The van der Waals surface area contributed by atoms with Crippen molar-refractivity contribution in [3.05, 3.63) is 53.9 Å². The highest BCUT2D eigenvalue weighted by Gasteiger charge is 2.32. The molecule has 2 aromatic rings. The van der Waals surface area contributed by atoms with Gasteiger partial charge in [0.2, 0.25) is 0 Å². The highest BCUT2D eigenvalue weighted by molar-refractivity contribution is 5.91. The van der Waals surface area contributed by atoms with Crippen LogP contribution in [0.15, 0.2) is 36.7 Å². The van der Waals surface area contributed by atoms with Crippen LogP contribution < -0.4 is 0 Å². The molecule has 1 aliphatic heterocycles. The Morgan fingerprint density at radius 2 is 2.10 bits per heavy atom. The number of hydrogen-bond acceptors (Lipinski definition) is 2. The maximum Gasteiger partial charge on any atom is 0.290 e. The molecule has 1 unspecified atom stereocenters. The third-order valence-corrected chi connectivity index (χ3v) is 3.78. The van der Waals surface area contributed by atoms with Crippen molar-refractivity contribution in [2.45, 2.75) is 18.9 Å². The number of amides is 1. The zero-order valence-electron chi connectivity index (χ0n) is 11.3. The molecule has 0 bridgehead atoms. The first kappa shape index (κ1) is 12.8. The zero-order valence-corrected chi connectivity index (χ0v) is 11.3. The average molecular weight is 273 g/mol. The first-order valence-corrected chi connectivity index (χ1v) is 6.70. The van der Waals surface area contributed by atoms with E-state index in [0.29, 0.717) is 12.4 Å². The molecular weight excluding hydrogens is 257 g/mol. The number of nitrogens with zero attached hydrogens (tertiary/aromatic N) is 3. The fraction of sp³-hybridized carbons (Fsp3) is 0.333. The number of likely N-dealkylation sites (tertiary alicyclic amines) is 1. The van der Waals surface area contributed by atoms with Gasteiger partial charge in [-0.3, -0.25) is 4.79 Å². The molecule has 5 heteroatoms. The number of benzene rings is 1. The molecule has 1 saturated heterocycles. The van der Waals surface area contributed by atoms with Crippen LogP contribution in [0.1, 0.15) is 35.1 Å². The van der Waals surface area contributed by atoms with Gasteiger partial charge in [0.15, 0.2) is 5.82 Å². The van der Waals surface area contributed by atoms with E-state index in [9.17, 15) is 9.18 Å². The second kappa shape index (κ2) is 5.07. The van der Waals surface area contributed by atoms with Crippen LogP contribution in [0.5, 0.6) is 0 Å². The number of imidazole rings is 1. The lowest BCUT2D eigenvalue weighted by atomic mass is 10.0. The zero-order chi connectivity index (χ0) is 14.1. The van der Waals surface area contributed by atoms with E-state index in [2.05, 4.69) is 4.98 Å². The minimum absolute atomic E-state index is 0.0137. The van der Waals surface area contributed by atoms with Gasteiger partial charge in [-0.1, -0.05) is 12.1 Å². The lowest BCUT2D eigenvalue weighted by Crippen LogP contribution is -2.32. The summed E-state index contributed by atoms with van der Waals surface area (Å²) in [5.74, 6) is 0.122. The summed E-state index contributed by atoms with van der Waals surface area (Å²) in [6.45, 7) is 0.716. The van der Waals surface area contributed by atoms with E-state index in [0.717, 1.165) is 18.4 Å². The van der Waals surface area contributed by atoms with Crippen molar-refractivity contribution >= 4 is 5.91 Å². The Bertz CT molecular complexity index is 620. The molecule has 1 fully saturated rings. The topological polar surface area (TPSA) is 38.1 Å². The van der Waals surface area contributed by atoms with Crippen molar-refractivity contribution in [2.75, 3.05) is 6.54 Å². The first-order chi connectivity index (χ1) is 9.66. The number of carbonyl (C=O) groups is 1. The molecule has 1 atom stereocenters. The lowest BCUT2D eigenvalue weighted by molar-refractivity contribution is 0.0719. The average Bonchev–Trinajstić information content (AvgIpc) is 3.07. The normalized spacial score (nSPS) is 18.5. The molecule has 0 spiro atoms. The Balaban J connectivity index is 1.87. The van der Waals surface area contributed by atoms with Crippen LogP contribution in [0.4, 0.5) is 4.39 Å². The highest BCUT2D eigenvalue weighted by atomic mass is 19.1. The molecule has 4 nitrogen and oxygen atoms in total. The number of rotatable bonds is 2. The molecule has 0 N–H and O–H groups in total. The van der Waals surface area contributed by atoms with Crippen LogP contribution in [-0.2, 0) is 7.05 Å². The summed E-state index contributed by atoms with van der Waals surface area (Å²) in [4.78, 5) is 18.5. The van der Waals surface area contributed by atoms with Crippen molar-refractivity contribution in [1.29, 1.82) is 0 Å². The van der Waals surface area contributed by atoms with Crippen LogP contribution in [0.2, 0.25) is 0 Å². The molecule has 1 amide bonds. The predicted octanol–water partition coefficient (Wildman–Crippen LogP) is 2.54. The molecule has 1 aromatic carbocycles. The van der Waals surface area contributed by atoms with Crippen LogP contribution >= 0.6 is 0 Å². The monoisotopic (exact) mass is 273 g/mol. The van der Waals surface area contributed by atoms with E-state index < -0.39 is 0 Å². The van der Waals surface area contributed by atoms with Gasteiger partial charge in [0, 0.05) is 26.0 Å². The molecule has 1 aromatic heterocycles. The number of halogens is 1. The minimum Gasteiger partial charge on any atom is -0.330 e. The molecule has 0 radical (unpaired) electrons. The fourth-order valence-electron chi connectivity index (χ4n) is 2.74. The maximum absolute atomic E-state index is 13.0. The summed E-state index contributed by atoms with van der Waals surface area (Å²) in [7, 11) is 1.81. The molecule has 0 saturated carbocycles. The minimum atomic E-state index is -0.256. The second-order valence-electron chi connectivity index (χ2n) is 5.07. The number of aryl methyl sites for hydroxylation is 1. The van der Waals surface area contributed by atoms with Gasteiger partial charge in [-0.05, 0) is 30.5 Å². The van der Waals surface area contributed by atoms with E-state index in [4.69, 9.17) is 0 Å². The van der Waals surface area contributed by atoms with Crippen molar-refractivity contribution < 1.29 is 9.18 Å². The standard InChI is InChI=1S/C15H16FN3O/c1-18-10-8-17-14(18)15(20)19-9-2-3-13(19)11-4-6-12(16)7-5-11/h4-8,10,13H,2-3,9H2,1H3. The Morgan fingerprint density at radius 1 is 1.35 bits per heavy atom. The van der Waals surface area contributed by atoms with Crippen LogP contribution in [0.25, 0.3) is 0 Å². The molecule has 3 rings (SSSR count). The number of hydrogen-bond donors (Lipinski definition) is 0. The third-order valence-electron chi connectivity index (χ3n) is 3.78. The Hall–Kier alpha value is -2.17. The fourth-order valence-corrected chi connectivity index (χ4v) is 2.74. The summed E-state index contributed by atoms with van der Waals surface area (Å²) in [6.07, 6.45) is 5.24. The van der Waals surface area contributed by atoms with Gasteiger partial charge < -0.3 is 9.47 Å². The summed E-state index contributed by atoms with van der Waals surface area (Å²) in [6, 6.07) is 6.40. The summed E-state index contributed by atoms with van der Waals surface area (Å²) < 4.78 is 14.7. The van der Waals surface area contributed by atoms with Gasteiger partial charge in [-0.2, -0.15) is 0 Å². The molecule has 20 heavy (non-hydrogen) atoms. The SMILES string of the molecule is Cn1ccnc1C(=O)N1CCCC1c1ccc(F)cc1. The van der Waals surface area contributed by atoms with E-state index in [1.54, 1.807) is 29.1 Å². The van der Waals surface area contributed by atoms with Gasteiger partial charge in [-0.15, -0.1) is 0 Å². The van der Waals surface area contributed by atoms with Gasteiger partial charge in [0.1, 0.15) is 5.82 Å². The maximum atomic E-state index is 13.0. The van der Waals surface area contributed by atoms with Crippen molar-refractivity contribution in [1.82, 2.24) is 14.5 Å². The van der Waals surface area contributed by atoms with E-state index >= 15 is 0 Å². The van der Waals surface area contributed by atoms with Crippen LogP contribution in [0, 0.1) is 5.82 Å². The molecule has 1 aliphatic rings. The largest absolute Gasteiger partial charge is 0.330 e. The second-order valence-corrected chi connectivity index (χ2v) is 5.07. The number of aromatic nitrogens is 2. The summed E-state index contributed by atoms with van der Waals surface area (Å²) in [5, 5.41) is 0. The van der Waals surface area contributed by atoms with E-state index in [1.165, 1.54) is 12.1 Å². The van der Waals surface area contributed by atoms with Crippen LogP contribution in [-0.4, -0.2) is 26.9 Å². The van der Waals surface area contributed by atoms with Crippen molar-refractivity contribution in [3.8, 4) is 0 Å². The third kappa shape index (κ3) is 2.19. The lowest BCUT2D eigenvalue weighted by Gasteiger charge is -2.24. The Morgan fingerprint density at radius 3 is 2.75 bits per heavy atom. The molecule has 2 heterocycles. The summed E-state index contributed by atoms with van der Waals surface area (Å²) in [5.41, 5.74) is 0.978. The van der Waals surface area contributed by atoms with Crippen molar-refractivity contribution in [3.63, 3.8) is 0 Å². The van der Waals surface area contributed by atoms with E-state index in [-0.39, 0.29) is 17.8 Å². The Kier molecular flexibility index (Phi) is 3.26. The summed E-state index contributed by atoms with van der Waals surface area (Å²) >= 11 is 0. The highest BCUT2D eigenvalue weighted by Crippen LogP contribution is 2.32. The van der Waals surface area contributed by atoms with Gasteiger partial charge in [0.05, 0.1) is 6.04 Å². The number of carbonyl (C=O) groups excluding carboxylic acids is 1. The van der Waals surface area contributed by atoms with Gasteiger partial charge >= 0.3 is 0 Å². The molecule has 0 aliphatic carbocycles. The smallest absolute Gasteiger partial charge is 0.290 e. The Labute approximate surface area is 116 Å². The van der Waals surface area contributed by atoms with Gasteiger partial charge in [-0.25, -0.2) is 9.37 Å². The molecule has 104 valence electrons. The predicted molar refractivity (Wildman–Crippen MR) is 72.6 cm³/mol.